The molecule has 0 aliphatic rings. The highest BCUT2D eigenvalue weighted by Gasteiger charge is 2.36. The maximum Gasteiger partial charge on any atom is 0.319 e. The number of amides is 2. The summed E-state index contributed by atoms with van der Waals surface area (Å²) < 4.78 is 5.04. The standard InChI is InChI=1S/C14H22N2O3/c1-13(2,14(3,4)18)16-12(17)15-10-6-8-11(19-5)9-7-10/h6-9,18H,1-5H3,(H2,15,16,17). The van der Waals surface area contributed by atoms with Crippen molar-refractivity contribution in [2.45, 2.75) is 38.8 Å². The van der Waals surface area contributed by atoms with Crippen LogP contribution in [-0.4, -0.2) is 29.4 Å². The van der Waals surface area contributed by atoms with E-state index in [0.717, 1.165) is 5.75 Å². The minimum absolute atomic E-state index is 0.364. The van der Waals surface area contributed by atoms with Crippen molar-refractivity contribution in [1.82, 2.24) is 5.32 Å². The molecular formula is C14H22N2O3. The molecule has 0 aliphatic carbocycles. The number of carbonyl (C=O) groups is 1. The van der Waals surface area contributed by atoms with E-state index < -0.39 is 11.1 Å². The number of methoxy groups -OCH3 is 1. The number of ether oxygens (including phenoxy) is 1. The van der Waals surface area contributed by atoms with Gasteiger partial charge in [0.1, 0.15) is 5.75 Å². The summed E-state index contributed by atoms with van der Waals surface area (Å²) in [7, 11) is 1.58. The Hall–Kier alpha value is -1.75. The molecule has 1 rings (SSSR count). The van der Waals surface area contributed by atoms with Crippen LogP contribution >= 0.6 is 0 Å². The minimum atomic E-state index is -1.02. The SMILES string of the molecule is COc1ccc(NC(=O)NC(C)(C)C(C)(C)O)cc1. The fourth-order valence-corrected chi connectivity index (χ4v) is 1.27. The highest BCUT2D eigenvalue weighted by atomic mass is 16.5. The predicted octanol–water partition coefficient (Wildman–Crippen LogP) is 2.37. The largest absolute Gasteiger partial charge is 0.497 e. The Labute approximate surface area is 114 Å². The monoisotopic (exact) mass is 266 g/mol. The summed E-state index contributed by atoms with van der Waals surface area (Å²) in [6, 6.07) is 6.65. The first kappa shape index (κ1) is 15.3. The number of anilines is 1. The first-order valence-corrected chi connectivity index (χ1v) is 6.11. The van der Waals surface area contributed by atoms with Crippen molar-refractivity contribution in [2.75, 3.05) is 12.4 Å². The predicted molar refractivity (Wildman–Crippen MR) is 75.5 cm³/mol. The molecule has 106 valence electrons. The third-order valence-corrected chi connectivity index (χ3v) is 3.30. The van der Waals surface area contributed by atoms with Gasteiger partial charge in [-0.25, -0.2) is 4.79 Å². The van der Waals surface area contributed by atoms with Gasteiger partial charge in [-0.3, -0.25) is 0 Å². The van der Waals surface area contributed by atoms with Gasteiger partial charge in [0.25, 0.3) is 0 Å². The van der Waals surface area contributed by atoms with Gasteiger partial charge in [0, 0.05) is 5.69 Å². The van der Waals surface area contributed by atoms with Gasteiger partial charge < -0.3 is 20.5 Å². The molecule has 19 heavy (non-hydrogen) atoms. The molecule has 0 saturated heterocycles. The van der Waals surface area contributed by atoms with Crippen molar-refractivity contribution in [3.05, 3.63) is 24.3 Å². The number of hydrogen-bond acceptors (Lipinski definition) is 3. The van der Waals surface area contributed by atoms with E-state index in [2.05, 4.69) is 10.6 Å². The van der Waals surface area contributed by atoms with Gasteiger partial charge in [-0.1, -0.05) is 0 Å². The summed E-state index contributed by atoms with van der Waals surface area (Å²) in [5, 5.41) is 15.4. The number of benzene rings is 1. The molecule has 3 N–H and O–H groups in total. The first-order valence-electron chi connectivity index (χ1n) is 6.11. The van der Waals surface area contributed by atoms with Crippen LogP contribution in [0.5, 0.6) is 5.75 Å². The molecule has 0 unspecified atom stereocenters. The van der Waals surface area contributed by atoms with E-state index in [0.29, 0.717) is 5.69 Å². The van der Waals surface area contributed by atoms with Crippen molar-refractivity contribution in [3.8, 4) is 5.75 Å². The van der Waals surface area contributed by atoms with Crippen molar-refractivity contribution < 1.29 is 14.6 Å². The van der Waals surface area contributed by atoms with E-state index >= 15 is 0 Å². The first-order chi connectivity index (χ1) is 8.65. The Balaban J connectivity index is 2.65. The number of urea groups is 1. The summed E-state index contributed by atoms with van der Waals surface area (Å²) in [6.45, 7) is 6.84. The quantitative estimate of drug-likeness (QED) is 0.783. The third kappa shape index (κ3) is 4.13. The van der Waals surface area contributed by atoms with E-state index in [4.69, 9.17) is 4.74 Å². The zero-order valence-electron chi connectivity index (χ0n) is 12.1. The normalized spacial score (nSPS) is 11.9. The van der Waals surface area contributed by atoms with Crippen LogP contribution in [-0.2, 0) is 0 Å². The molecule has 0 aromatic heterocycles. The number of rotatable bonds is 4. The molecule has 5 heteroatoms. The lowest BCUT2D eigenvalue weighted by Gasteiger charge is -2.37. The van der Waals surface area contributed by atoms with Crippen LogP contribution < -0.4 is 15.4 Å². The van der Waals surface area contributed by atoms with Crippen LogP contribution in [0.15, 0.2) is 24.3 Å². The van der Waals surface area contributed by atoms with Crippen LogP contribution in [0, 0.1) is 0 Å². The van der Waals surface area contributed by atoms with Gasteiger partial charge in [0.2, 0.25) is 0 Å². The Kier molecular flexibility index (Phi) is 4.42. The van der Waals surface area contributed by atoms with Crippen molar-refractivity contribution in [3.63, 3.8) is 0 Å². The van der Waals surface area contributed by atoms with Crippen LogP contribution in [0.3, 0.4) is 0 Å². The molecule has 0 heterocycles. The average Bonchev–Trinajstić information content (AvgIpc) is 2.27. The number of carbonyl (C=O) groups excluding carboxylic acids is 1. The summed E-state index contributed by atoms with van der Waals surface area (Å²) in [4.78, 5) is 11.9. The van der Waals surface area contributed by atoms with Gasteiger partial charge >= 0.3 is 6.03 Å². The molecule has 1 aromatic rings. The van der Waals surface area contributed by atoms with Crippen molar-refractivity contribution >= 4 is 11.7 Å². The second kappa shape index (κ2) is 5.48. The Morgan fingerprint density at radius 1 is 1.16 bits per heavy atom. The fraction of sp³-hybridized carbons (Fsp3) is 0.500. The van der Waals surface area contributed by atoms with Crippen LogP contribution in [0.4, 0.5) is 10.5 Å². The number of nitrogens with one attached hydrogen (secondary N) is 2. The molecule has 0 aliphatic heterocycles. The molecule has 0 bridgehead atoms. The molecular weight excluding hydrogens is 244 g/mol. The van der Waals surface area contributed by atoms with Gasteiger partial charge in [-0.2, -0.15) is 0 Å². The molecule has 1 aromatic carbocycles. The van der Waals surface area contributed by atoms with E-state index in [-0.39, 0.29) is 6.03 Å². The molecule has 0 radical (unpaired) electrons. The summed E-state index contributed by atoms with van der Waals surface area (Å²) in [5.41, 5.74) is -1.11. The molecule has 0 fully saturated rings. The number of aliphatic hydroxyl groups is 1. The lowest BCUT2D eigenvalue weighted by atomic mass is 9.86. The van der Waals surface area contributed by atoms with Crippen molar-refractivity contribution in [1.29, 1.82) is 0 Å². The summed E-state index contributed by atoms with van der Waals surface area (Å²) in [6.07, 6.45) is 0. The lowest BCUT2D eigenvalue weighted by Crippen LogP contribution is -2.58. The zero-order valence-corrected chi connectivity index (χ0v) is 12.1. The topological polar surface area (TPSA) is 70.6 Å². The van der Waals surface area contributed by atoms with Gasteiger partial charge in [0.15, 0.2) is 0 Å². The van der Waals surface area contributed by atoms with Gasteiger partial charge in [-0.15, -0.1) is 0 Å². The second-order valence-electron chi connectivity index (χ2n) is 5.49. The second-order valence-corrected chi connectivity index (χ2v) is 5.49. The summed E-state index contributed by atoms with van der Waals surface area (Å²) in [5.74, 6) is 0.725. The zero-order chi connectivity index (χ0) is 14.7. The molecule has 0 saturated carbocycles. The van der Waals surface area contributed by atoms with Crippen molar-refractivity contribution in [2.24, 2.45) is 0 Å². The van der Waals surface area contributed by atoms with Crippen LogP contribution in [0.2, 0.25) is 0 Å². The maximum atomic E-state index is 11.9. The van der Waals surface area contributed by atoms with E-state index in [1.165, 1.54) is 0 Å². The fourth-order valence-electron chi connectivity index (χ4n) is 1.27. The smallest absolute Gasteiger partial charge is 0.319 e. The Morgan fingerprint density at radius 3 is 2.11 bits per heavy atom. The Morgan fingerprint density at radius 2 is 1.68 bits per heavy atom. The third-order valence-electron chi connectivity index (χ3n) is 3.30. The highest BCUT2D eigenvalue weighted by molar-refractivity contribution is 5.89. The molecule has 5 nitrogen and oxygen atoms in total. The van der Waals surface area contributed by atoms with E-state index in [9.17, 15) is 9.90 Å². The highest BCUT2D eigenvalue weighted by Crippen LogP contribution is 2.21. The van der Waals surface area contributed by atoms with E-state index in [1.807, 2.05) is 0 Å². The van der Waals surface area contributed by atoms with Crippen LogP contribution in [0.25, 0.3) is 0 Å². The summed E-state index contributed by atoms with van der Waals surface area (Å²) >= 11 is 0. The average molecular weight is 266 g/mol. The Bertz CT molecular complexity index is 433. The molecule has 0 atom stereocenters. The molecule has 2 amide bonds. The number of hydrogen-bond donors (Lipinski definition) is 3. The maximum absolute atomic E-state index is 11.9. The van der Waals surface area contributed by atoms with Gasteiger partial charge in [0.05, 0.1) is 18.2 Å². The molecule has 0 spiro atoms. The van der Waals surface area contributed by atoms with E-state index in [1.54, 1.807) is 59.1 Å². The van der Waals surface area contributed by atoms with Gasteiger partial charge in [-0.05, 0) is 52.0 Å². The van der Waals surface area contributed by atoms with Crippen LogP contribution in [0.1, 0.15) is 27.7 Å². The lowest BCUT2D eigenvalue weighted by molar-refractivity contribution is 0.00185. The minimum Gasteiger partial charge on any atom is -0.497 e.